The van der Waals surface area contributed by atoms with Crippen molar-refractivity contribution < 1.29 is 0 Å². The lowest BCUT2D eigenvalue weighted by Crippen LogP contribution is -2.02. The van der Waals surface area contributed by atoms with E-state index in [4.69, 9.17) is 0 Å². The van der Waals surface area contributed by atoms with E-state index < -0.39 is 0 Å². The van der Waals surface area contributed by atoms with Crippen molar-refractivity contribution in [1.82, 2.24) is 19.7 Å². The summed E-state index contributed by atoms with van der Waals surface area (Å²) >= 11 is 0. The maximum Gasteiger partial charge on any atom is 0.153 e. The zero-order valence-corrected chi connectivity index (χ0v) is 9.31. The standard InChI is InChI=1S/C10H14N6/c1-3-11-9-6-10(13-7-12-9)14-8-4-5-16(2)15-8/h4-7H,3H2,1-2H3,(H2,11,12,13,14,15). The maximum atomic E-state index is 4.21. The van der Waals surface area contributed by atoms with E-state index in [1.807, 2.05) is 32.3 Å². The van der Waals surface area contributed by atoms with Crippen molar-refractivity contribution in [2.45, 2.75) is 6.92 Å². The van der Waals surface area contributed by atoms with Gasteiger partial charge in [0.2, 0.25) is 0 Å². The Kier molecular flexibility index (Phi) is 3.00. The molecule has 0 aromatic carbocycles. The number of nitrogens with zero attached hydrogens (tertiary/aromatic N) is 4. The molecule has 2 heterocycles. The molecule has 0 spiro atoms. The van der Waals surface area contributed by atoms with E-state index in [0.717, 1.165) is 24.0 Å². The predicted octanol–water partition coefficient (Wildman–Crippen LogP) is 1.39. The molecule has 0 aliphatic heterocycles. The molecule has 0 fully saturated rings. The number of aromatic nitrogens is 4. The van der Waals surface area contributed by atoms with E-state index in [9.17, 15) is 0 Å². The Morgan fingerprint density at radius 3 is 2.75 bits per heavy atom. The van der Waals surface area contributed by atoms with Crippen LogP contribution in [-0.2, 0) is 7.05 Å². The minimum Gasteiger partial charge on any atom is -0.370 e. The SMILES string of the molecule is CCNc1cc(Nc2ccn(C)n2)ncn1. The topological polar surface area (TPSA) is 67.7 Å². The molecule has 0 aliphatic carbocycles. The van der Waals surface area contributed by atoms with Crippen molar-refractivity contribution in [3.63, 3.8) is 0 Å². The Balaban J connectivity index is 2.12. The van der Waals surface area contributed by atoms with Gasteiger partial charge in [0, 0.05) is 31.9 Å². The number of hydrogen-bond donors (Lipinski definition) is 2. The van der Waals surface area contributed by atoms with Crippen LogP contribution < -0.4 is 10.6 Å². The van der Waals surface area contributed by atoms with Gasteiger partial charge in [0.05, 0.1) is 0 Å². The van der Waals surface area contributed by atoms with Crippen LogP contribution in [0.2, 0.25) is 0 Å². The molecule has 0 atom stereocenters. The van der Waals surface area contributed by atoms with E-state index >= 15 is 0 Å². The van der Waals surface area contributed by atoms with E-state index in [0.29, 0.717) is 0 Å². The molecular formula is C10H14N6. The molecule has 84 valence electrons. The van der Waals surface area contributed by atoms with E-state index in [1.165, 1.54) is 6.33 Å². The van der Waals surface area contributed by atoms with Crippen LogP contribution in [0.5, 0.6) is 0 Å². The van der Waals surface area contributed by atoms with Crippen molar-refractivity contribution in [2.24, 2.45) is 7.05 Å². The highest BCUT2D eigenvalue weighted by atomic mass is 15.3. The van der Waals surface area contributed by atoms with Gasteiger partial charge in [-0.2, -0.15) is 5.10 Å². The summed E-state index contributed by atoms with van der Waals surface area (Å²) in [6.45, 7) is 2.86. The average Bonchev–Trinajstić information content (AvgIpc) is 2.65. The molecule has 2 aromatic rings. The van der Waals surface area contributed by atoms with E-state index in [2.05, 4.69) is 25.7 Å². The van der Waals surface area contributed by atoms with Crippen molar-refractivity contribution in [3.05, 3.63) is 24.7 Å². The summed E-state index contributed by atoms with van der Waals surface area (Å²) < 4.78 is 1.73. The van der Waals surface area contributed by atoms with Crippen LogP contribution in [0.15, 0.2) is 24.7 Å². The highest BCUT2D eigenvalue weighted by Crippen LogP contribution is 2.13. The third-order valence-corrected chi connectivity index (χ3v) is 1.99. The van der Waals surface area contributed by atoms with Gasteiger partial charge in [-0.3, -0.25) is 4.68 Å². The highest BCUT2D eigenvalue weighted by Gasteiger charge is 2.00. The normalized spacial score (nSPS) is 10.1. The zero-order valence-electron chi connectivity index (χ0n) is 9.31. The van der Waals surface area contributed by atoms with Gasteiger partial charge in [0.25, 0.3) is 0 Å². The maximum absolute atomic E-state index is 4.21. The first-order valence-corrected chi connectivity index (χ1v) is 5.10. The van der Waals surface area contributed by atoms with E-state index in [1.54, 1.807) is 4.68 Å². The lowest BCUT2D eigenvalue weighted by atomic mass is 10.5. The van der Waals surface area contributed by atoms with Crippen LogP contribution in [0.1, 0.15) is 6.92 Å². The zero-order chi connectivity index (χ0) is 11.4. The second-order valence-electron chi connectivity index (χ2n) is 3.32. The Morgan fingerprint density at radius 1 is 1.25 bits per heavy atom. The first-order chi connectivity index (χ1) is 7.78. The van der Waals surface area contributed by atoms with Gasteiger partial charge in [-0.25, -0.2) is 9.97 Å². The fourth-order valence-corrected chi connectivity index (χ4v) is 1.32. The molecule has 0 saturated heterocycles. The molecule has 0 radical (unpaired) electrons. The van der Waals surface area contributed by atoms with Crippen molar-refractivity contribution in [1.29, 1.82) is 0 Å². The van der Waals surface area contributed by atoms with Gasteiger partial charge in [-0.1, -0.05) is 0 Å². The van der Waals surface area contributed by atoms with E-state index in [-0.39, 0.29) is 0 Å². The Bertz CT molecular complexity index is 464. The molecule has 0 amide bonds. The summed E-state index contributed by atoms with van der Waals surface area (Å²) in [5.74, 6) is 2.30. The first kappa shape index (κ1) is 10.4. The molecular weight excluding hydrogens is 204 g/mol. The predicted molar refractivity (Wildman–Crippen MR) is 62.7 cm³/mol. The fourth-order valence-electron chi connectivity index (χ4n) is 1.32. The van der Waals surface area contributed by atoms with Crippen LogP contribution in [0.4, 0.5) is 17.5 Å². The molecule has 0 saturated carbocycles. The number of nitrogens with one attached hydrogen (secondary N) is 2. The molecule has 6 nitrogen and oxygen atoms in total. The molecule has 16 heavy (non-hydrogen) atoms. The fraction of sp³-hybridized carbons (Fsp3) is 0.300. The third-order valence-electron chi connectivity index (χ3n) is 1.99. The molecule has 0 aliphatic rings. The van der Waals surface area contributed by atoms with Gasteiger partial charge in [-0.05, 0) is 6.92 Å². The summed E-state index contributed by atoms with van der Waals surface area (Å²) in [6, 6.07) is 3.73. The van der Waals surface area contributed by atoms with Crippen molar-refractivity contribution in [2.75, 3.05) is 17.2 Å². The van der Waals surface area contributed by atoms with Crippen molar-refractivity contribution in [3.8, 4) is 0 Å². The van der Waals surface area contributed by atoms with Gasteiger partial charge in [0.15, 0.2) is 5.82 Å². The first-order valence-electron chi connectivity index (χ1n) is 5.10. The van der Waals surface area contributed by atoms with Crippen LogP contribution in [0, 0.1) is 0 Å². The Morgan fingerprint density at radius 2 is 2.06 bits per heavy atom. The Hall–Kier alpha value is -2.11. The summed E-state index contributed by atoms with van der Waals surface area (Å²) in [4.78, 5) is 8.20. The number of hydrogen-bond acceptors (Lipinski definition) is 5. The summed E-state index contributed by atoms with van der Waals surface area (Å²) in [6.07, 6.45) is 3.39. The molecule has 0 bridgehead atoms. The second kappa shape index (κ2) is 4.61. The molecule has 2 aromatic heterocycles. The van der Waals surface area contributed by atoms with Crippen LogP contribution in [0.25, 0.3) is 0 Å². The lowest BCUT2D eigenvalue weighted by Gasteiger charge is -2.04. The monoisotopic (exact) mass is 218 g/mol. The third kappa shape index (κ3) is 2.47. The lowest BCUT2D eigenvalue weighted by molar-refractivity contribution is 0.771. The quantitative estimate of drug-likeness (QED) is 0.811. The number of anilines is 3. The minimum atomic E-state index is 0.727. The largest absolute Gasteiger partial charge is 0.370 e. The van der Waals surface area contributed by atoms with Crippen LogP contribution in [-0.4, -0.2) is 26.3 Å². The number of aryl methyl sites for hydroxylation is 1. The smallest absolute Gasteiger partial charge is 0.153 e. The summed E-state index contributed by atoms with van der Waals surface area (Å²) in [7, 11) is 1.87. The number of rotatable bonds is 4. The second-order valence-corrected chi connectivity index (χ2v) is 3.32. The minimum absolute atomic E-state index is 0.727. The highest BCUT2D eigenvalue weighted by molar-refractivity contribution is 5.54. The molecule has 2 rings (SSSR count). The summed E-state index contributed by atoms with van der Waals surface area (Å²) in [5.41, 5.74) is 0. The van der Waals surface area contributed by atoms with Gasteiger partial charge < -0.3 is 10.6 Å². The van der Waals surface area contributed by atoms with Gasteiger partial charge in [-0.15, -0.1) is 0 Å². The molecule has 2 N–H and O–H groups in total. The average molecular weight is 218 g/mol. The van der Waals surface area contributed by atoms with Gasteiger partial charge >= 0.3 is 0 Å². The van der Waals surface area contributed by atoms with Gasteiger partial charge in [0.1, 0.15) is 18.0 Å². The molecule has 0 unspecified atom stereocenters. The summed E-state index contributed by atoms with van der Waals surface area (Å²) in [5, 5.41) is 10.4. The molecule has 6 heteroatoms. The van der Waals surface area contributed by atoms with Crippen LogP contribution >= 0.6 is 0 Å². The Labute approximate surface area is 93.7 Å². The van der Waals surface area contributed by atoms with Crippen molar-refractivity contribution >= 4 is 17.5 Å². The van der Waals surface area contributed by atoms with Crippen LogP contribution in [0.3, 0.4) is 0 Å².